The Labute approximate surface area is 205 Å². The molecule has 4 rings (SSSR count). The lowest BCUT2D eigenvalue weighted by Crippen LogP contribution is -2.40. The van der Waals surface area contributed by atoms with Crippen LogP contribution in [-0.4, -0.2) is 50.0 Å². The number of hydrogen-bond acceptors (Lipinski definition) is 5. The fourth-order valence-corrected chi connectivity index (χ4v) is 4.47. The molecule has 0 radical (unpaired) electrons. The van der Waals surface area contributed by atoms with E-state index < -0.39 is 8.07 Å². The fraction of sp³-hybridized carbons (Fsp3) is 0.417. The van der Waals surface area contributed by atoms with Gasteiger partial charge in [-0.25, -0.2) is 15.0 Å². The molecule has 4 aromatic heterocycles. The van der Waals surface area contributed by atoms with Crippen molar-refractivity contribution in [2.45, 2.75) is 58.7 Å². The maximum atomic E-state index is 13.1. The van der Waals surface area contributed by atoms with Gasteiger partial charge in [-0.1, -0.05) is 31.2 Å². The van der Waals surface area contributed by atoms with E-state index in [-0.39, 0.29) is 11.4 Å². The van der Waals surface area contributed by atoms with Crippen molar-refractivity contribution >= 4 is 42.3 Å². The molecule has 0 bridgehead atoms. The van der Waals surface area contributed by atoms with E-state index in [1.54, 1.807) is 24.9 Å². The first-order valence-electron chi connectivity index (χ1n) is 11.3. The zero-order chi connectivity index (χ0) is 24.7. The number of carbonyl (C=O) groups is 1. The minimum Gasteiger partial charge on any atom is -0.361 e. The largest absolute Gasteiger partial charge is 0.361 e. The molecule has 1 amide bonds. The zero-order valence-corrected chi connectivity index (χ0v) is 22.3. The summed E-state index contributed by atoms with van der Waals surface area (Å²) < 4.78 is 9.63. The number of aromatic nitrogens is 5. The van der Waals surface area contributed by atoms with Gasteiger partial charge in [-0.3, -0.25) is 4.79 Å². The van der Waals surface area contributed by atoms with E-state index in [9.17, 15) is 4.79 Å². The number of carbonyl (C=O) groups excluding carboxylic acids is 1. The van der Waals surface area contributed by atoms with Crippen LogP contribution in [0.1, 0.15) is 31.1 Å². The van der Waals surface area contributed by atoms with E-state index in [0.717, 1.165) is 11.6 Å². The zero-order valence-electron chi connectivity index (χ0n) is 20.5. The molecule has 0 unspecified atom stereocenters. The smallest absolute Gasteiger partial charge is 0.255 e. The van der Waals surface area contributed by atoms with Crippen LogP contribution in [0.25, 0.3) is 28.1 Å². The van der Waals surface area contributed by atoms with Gasteiger partial charge in [0.1, 0.15) is 30.0 Å². The van der Waals surface area contributed by atoms with Crippen molar-refractivity contribution in [3.05, 3.63) is 47.6 Å². The summed E-state index contributed by atoms with van der Waals surface area (Å²) in [7, 11) is -1.20. The highest BCUT2D eigenvalue weighted by molar-refractivity contribution is 6.76. The number of amides is 1. The summed E-state index contributed by atoms with van der Waals surface area (Å²) in [6, 6.07) is 4.77. The average Bonchev–Trinajstić information content (AvgIpc) is 3.30. The average molecular weight is 499 g/mol. The Morgan fingerprint density at radius 3 is 2.65 bits per heavy atom. The van der Waals surface area contributed by atoms with Crippen molar-refractivity contribution in [2.24, 2.45) is 0 Å². The Bertz CT molecular complexity index is 1350. The first-order chi connectivity index (χ1) is 15.9. The molecule has 4 aromatic rings. The van der Waals surface area contributed by atoms with Crippen LogP contribution in [0.4, 0.5) is 0 Å². The number of pyridine rings is 1. The molecule has 34 heavy (non-hydrogen) atoms. The predicted octanol–water partition coefficient (Wildman–Crippen LogP) is 5.24. The van der Waals surface area contributed by atoms with Crippen molar-refractivity contribution in [1.82, 2.24) is 29.2 Å². The molecule has 0 fully saturated rings. The van der Waals surface area contributed by atoms with Gasteiger partial charge in [0, 0.05) is 32.6 Å². The number of rotatable bonds is 7. The lowest BCUT2D eigenvalue weighted by molar-refractivity contribution is 0.0886. The summed E-state index contributed by atoms with van der Waals surface area (Å²) in [6.07, 6.45) is 6.93. The van der Waals surface area contributed by atoms with Gasteiger partial charge in [0.25, 0.3) is 5.91 Å². The first kappa shape index (κ1) is 24.4. The second-order valence-electron chi connectivity index (χ2n) is 10.7. The number of imidazole rings is 1. The van der Waals surface area contributed by atoms with Gasteiger partial charge in [0.05, 0.1) is 22.3 Å². The number of nitrogens with zero attached hydrogens (tertiary/aromatic N) is 5. The molecule has 0 saturated carbocycles. The van der Waals surface area contributed by atoms with Crippen molar-refractivity contribution in [3.63, 3.8) is 0 Å². The standard InChI is InChI=1S/C24H31ClN6O2Si/c1-24(2,3)29-23(32)17-13-31(15-33-9-10-34(4,5)6)22-20(17)28-18(11-26-22)21-19-8-7-16(25)12-30(19)14-27-21/h7-8,11-14H,9-10,15H2,1-6H3,(H,29,32). The summed E-state index contributed by atoms with van der Waals surface area (Å²) in [5.41, 5.74) is 3.30. The molecule has 0 saturated heterocycles. The van der Waals surface area contributed by atoms with Gasteiger partial charge in [0.15, 0.2) is 5.65 Å². The second kappa shape index (κ2) is 9.13. The number of hydrogen-bond donors (Lipinski definition) is 1. The van der Waals surface area contributed by atoms with Gasteiger partial charge in [-0.15, -0.1) is 0 Å². The normalized spacial score (nSPS) is 12.6. The minimum absolute atomic E-state index is 0.203. The highest BCUT2D eigenvalue weighted by Gasteiger charge is 2.23. The van der Waals surface area contributed by atoms with Crippen molar-refractivity contribution < 1.29 is 9.53 Å². The fourth-order valence-electron chi connectivity index (χ4n) is 3.55. The third-order valence-electron chi connectivity index (χ3n) is 5.26. The summed E-state index contributed by atoms with van der Waals surface area (Å²) in [5.74, 6) is -0.203. The molecule has 180 valence electrons. The molecule has 4 heterocycles. The van der Waals surface area contributed by atoms with Crippen molar-refractivity contribution in [2.75, 3.05) is 6.61 Å². The Morgan fingerprint density at radius 2 is 1.94 bits per heavy atom. The van der Waals surface area contributed by atoms with Crippen LogP contribution in [0.15, 0.2) is 37.1 Å². The SMILES string of the molecule is CC(C)(C)NC(=O)c1cn(COCC[Si](C)(C)C)c2ncc(-c3ncn4cc(Cl)ccc34)nc12. The maximum Gasteiger partial charge on any atom is 0.255 e. The number of halogens is 1. The minimum atomic E-state index is -1.20. The van der Waals surface area contributed by atoms with Gasteiger partial charge in [0.2, 0.25) is 0 Å². The predicted molar refractivity (Wildman–Crippen MR) is 138 cm³/mol. The number of fused-ring (bicyclic) bond motifs is 2. The molecule has 0 atom stereocenters. The lowest BCUT2D eigenvalue weighted by atomic mass is 10.1. The molecule has 0 spiro atoms. The van der Waals surface area contributed by atoms with Crippen LogP contribution in [0.3, 0.4) is 0 Å². The molecule has 10 heteroatoms. The van der Waals surface area contributed by atoms with Crippen molar-refractivity contribution in [1.29, 1.82) is 0 Å². The van der Waals surface area contributed by atoms with Gasteiger partial charge in [-0.2, -0.15) is 0 Å². The molecular weight excluding hydrogens is 468 g/mol. The highest BCUT2D eigenvalue weighted by Crippen LogP contribution is 2.26. The van der Waals surface area contributed by atoms with Crippen LogP contribution in [0.5, 0.6) is 0 Å². The summed E-state index contributed by atoms with van der Waals surface area (Å²) in [4.78, 5) is 27.1. The number of nitrogens with one attached hydrogen (secondary N) is 1. The first-order valence-corrected chi connectivity index (χ1v) is 15.4. The van der Waals surface area contributed by atoms with Crippen LogP contribution in [-0.2, 0) is 11.5 Å². The molecular formula is C24H31ClN6O2Si. The quantitative estimate of drug-likeness (QED) is 0.278. The lowest BCUT2D eigenvalue weighted by Gasteiger charge is -2.20. The van der Waals surface area contributed by atoms with E-state index in [0.29, 0.717) is 46.5 Å². The highest BCUT2D eigenvalue weighted by atomic mass is 35.5. The topological polar surface area (TPSA) is 86.3 Å². The third kappa shape index (κ3) is 5.48. The Morgan fingerprint density at radius 1 is 1.18 bits per heavy atom. The van der Waals surface area contributed by atoms with Gasteiger partial charge >= 0.3 is 0 Å². The summed E-state index contributed by atoms with van der Waals surface area (Å²) in [5, 5.41) is 3.64. The van der Waals surface area contributed by atoms with Crippen LogP contribution >= 0.6 is 11.6 Å². The van der Waals surface area contributed by atoms with E-state index in [1.807, 2.05) is 41.9 Å². The van der Waals surface area contributed by atoms with Gasteiger partial charge < -0.3 is 19.0 Å². The molecule has 0 aliphatic carbocycles. The Hall–Kier alpha value is -2.75. The van der Waals surface area contributed by atoms with Crippen LogP contribution < -0.4 is 5.32 Å². The molecule has 0 aromatic carbocycles. The maximum absolute atomic E-state index is 13.1. The van der Waals surface area contributed by atoms with E-state index in [1.165, 1.54) is 0 Å². The van der Waals surface area contributed by atoms with Crippen LogP contribution in [0.2, 0.25) is 30.7 Å². The molecule has 0 aliphatic rings. The second-order valence-corrected chi connectivity index (χ2v) is 16.8. The van der Waals surface area contributed by atoms with Crippen LogP contribution in [0, 0.1) is 0 Å². The molecule has 0 aliphatic heterocycles. The third-order valence-corrected chi connectivity index (χ3v) is 7.19. The van der Waals surface area contributed by atoms with E-state index in [4.69, 9.17) is 21.3 Å². The summed E-state index contributed by atoms with van der Waals surface area (Å²) >= 11 is 6.11. The molecule has 8 nitrogen and oxygen atoms in total. The molecule has 1 N–H and O–H groups in total. The van der Waals surface area contributed by atoms with E-state index >= 15 is 0 Å². The number of ether oxygens (including phenoxy) is 1. The Kier molecular flexibility index (Phi) is 6.54. The van der Waals surface area contributed by atoms with E-state index in [2.05, 4.69) is 34.9 Å². The Balaban J connectivity index is 1.73. The van der Waals surface area contributed by atoms with Gasteiger partial charge in [-0.05, 0) is 38.9 Å². The van der Waals surface area contributed by atoms with Crippen molar-refractivity contribution in [3.8, 4) is 11.4 Å². The summed E-state index contributed by atoms with van der Waals surface area (Å²) in [6.45, 7) is 13.8. The monoisotopic (exact) mass is 498 g/mol.